The first kappa shape index (κ1) is 13.2. The van der Waals surface area contributed by atoms with E-state index in [1.54, 1.807) is 19.1 Å². The SMILES string of the molecule is COc1ccc(F)c(C(C)C(Br)C(C)=O)c1. The van der Waals surface area contributed by atoms with Gasteiger partial charge < -0.3 is 4.74 Å². The molecule has 0 bridgehead atoms. The van der Waals surface area contributed by atoms with Crippen LogP contribution in [0.25, 0.3) is 0 Å². The third-order valence-corrected chi connectivity index (χ3v) is 3.96. The number of halogens is 2. The van der Waals surface area contributed by atoms with E-state index in [4.69, 9.17) is 4.74 Å². The summed E-state index contributed by atoms with van der Waals surface area (Å²) in [6.45, 7) is 3.28. The molecule has 0 aliphatic rings. The quantitative estimate of drug-likeness (QED) is 0.795. The van der Waals surface area contributed by atoms with Crippen LogP contribution in [0.5, 0.6) is 5.75 Å². The molecule has 0 amide bonds. The van der Waals surface area contributed by atoms with Gasteiger partial charge in [-0.2, -0.15) is 0 Å². The van der Waals surface area contributed by atoms with Crippen LogP contribution in [0, 0.1) is 5.82 Å². The van der Waals surface area contributed by atoms with Crippen molar-refractivity contribution in [2.24, 2.45) is 0 Å². The summed E-state index contributed by atoms with van der Waals surface area (Å²) in [4.78, 5) is 10.8. The maximum atomic E-state index is 13.6. The monoisotopic (exact) mass is 288 g/mol. The summed E-state index contributed by atoms with van der Waals surface area (Å²) < 4.78 is 18.6. The Balaban J connectivity index is 3.06. The molecule has 0 heterocycles. The predicted molar refractivity (Wildman–Crippen MR) is 64.8 cm³/mol. The molecule has 2 unspecified atom stereocenters. The van der Waals surface area contributed by atoms with Gasteiger partial charge in [0.1, 0.15) is 17.3 Å². The largest absolute Gasteiger partial charge is 0.497 e. The summed E-state index contributed by atoms with van der Waals surface area (Å²) >= 11 is 3.27. The van der Waals surface area contributed by atoms with Gasteiger partial charge in [-0.05, 0) is 30.7 Å². The molecule has 0 N–H and O–H groups in total. The number of hydrogen-bond acceptors (Lipinski definition) is 2. The number of hydrogen-bond donors (Lipinski definition) is 0. The van der Waals surface area contributed by atoms with Crippen molar-refractivity contribution in [3.8, 4) is 5.75 Å². The second-order valence-electron chi connectivity index (χ2n) is 3.69. The molecule has 4 heteroatoms. The lowest BCUT2D eigenvalue weighted by molar-refractivity contribution is -0.116. The molecule has 1 aromatic carbocycles. The lowest BCUT2D eigenvalue weighted by Crippen LogP contribution is -2.18. The molecule has 0 saturated carbocycles. The number of ketones is 1. The third-order valence-electron chi connectivity index (χ3n) is 2.52. The lowest BCUT2D eigenvalue weighted by atomic mass is 9.95. The van der Waals surface area contributed by atoms with Gasteiger partial charge in [0, 0.05) is 5.92 Å². The summed E-state index contributed by atoms with van der Waals surface area (Å²) in [6.07, 6.45) is 0. The highest BCUT2D eigenvalue weighted by Gasteiger charge is 2.23. The molecule has 1 rings (SSSR count). The van der Waals surface area contributed by atoms with Crippen LogP contribution in [0.3, 0.4) is 0 Å². The molecule has 0 spiro atoms. The minimum Gasteiger partial charge on any atom is -0.497 e. The van der Waals surface area contributed by atoms with Gasteiger partial charge in [-0.25, -0.2) is 4.39 Å². The fourth-order valence-electron chi connectivity index (χ4n) is 1.51. The average molecular weight is 289 g/mol. The fraction of sp³-hybridized carbons (Fsp3) is 0.417. The molecule has 0 fully saturated rings. The molecular formula is C12H14BrFO2. The van der Waals surface area contributed by atoms with Crippen LogP contribution in [-0.4, -0.2) is 17.7 Å². The van der Waals surface area contributed by atoms with Gasteiger partial charge in [-0.1, -0.05) is 22.9 Å². The van der Waals surface area contributed by atoms with E-state index in [0.717, 1.165) is 0 Å². The molecule has 1 aromatic rings. The average Bonchev–Trinajstić information content (AvgIpc) is 2.27. The predicted octanol–water partition coefficient (Wildman–Crippen LogP) is 3.29. The molecule has 0 radical (unpaired) electrons. The van der Waals surface area contributed by atoms with Crippen molar-refractivity contribution in [1.29, 1.82) is 0 Å². The highest BCUT2D eigenvalue weighted by molar-refractivity contribution is 9.10. The van der Waals surface area contributed by atoms with E-state index in [-0.39, 0.29) is 22.3 Å². The third kappa shape index (κ3) is 2.82. The summed E-state index contributed by atoms with van der Waals surface area (Å²) in [6, 6.07) is 4.53. The van der Waals surface area contributed by atoms with Gasteiger partial charge >= 0.3 is 0 Å². The number of Topliss-reactive ketones (excluding diaryl/α,β-unsaturated/α-hetero) is 1. The topological polar surface area (TPSA) is 26.3 Å². The van der Waals surface area contributed by atoms with Crippen molar-refractivity contribution < 1.29 is 13.9 Å². The molecule has 2 atom stereocenters. The normalized spacial score (nSPS) is 14.3. The second-order valence-corrected chi connectivity index (χ2v) is 4.68. The highest BCUT2D eigenvalue weighted by atomic mass is 79.9. The molecule has 88 valence electrons. The Bertz CT molecular complexity index is 393. The molecule has 2 nitrogen and oxygen atoms in total. The first-order chi connectivity index (χ1) is 7.47. The molecule has 0 saturated heterocycles. The number of carbonyl (C=O) groups is 1. The Kier molecular flexibility index (Phi) is 4.47. The van der Waals surface area contributed by atoms with E-state index >= 15 is 0 Å². The number of rotatable bonds is 4. The maximum Gasteiger partial charge on any atom is 0.144 e. The summed E-state index contributed by atoms with van der Waals surface area (Å²) in [5.74, 6) is 0.0211. The first-order valence-corrected chi connectivity index (χ1v) is 5.87. The van der Waals surface area contributed by atoms with Gasteiger partial charge in [0.15, 0.2) is 0 Å². The van der Waals surface area contributed by atoms with Crippen LogP contribution >= 0.6 is 15.9 Å². The summed E-state index contributed by atoms with van der Waals surface area (Å²) in [7, 11) is 1.53. The molecule has 0 aliphatic carbocycles. The number of ether oxygens (including phenoxy) is 1. The minimum absolute atomic E-state index is 0.0188. The van der Waals surface area contributed by atoms with E-state index in [0.29, 0.717) is 11.3 Å². The van der Waals surface area contributed by atoms with Crippen molar-refractivity contribution in [3.63, 3.8) is 0 Å². The fourth-order valence-corrected chi connectivity index (χ4v) is 1.79. The van der Waals surface area contributed by atoms with Crippen molar-refractivity contribution in [2.45, 2.75) is 24.6 Å². The molecule has 0 aliphatic heterocycles. The molecule has 16 heavy (non-hydrogen) atoms. The van der Waals surface area contributed by atoms with E-state index in [2.05, 4.69) is 15.9 Å². The van der Waals surface area contributed by atoms with Crippen LogP contribution in [0.15, 0.2) is 18.2 Å². The Labute approximate surface area is 103 Å². The summed E-state index contributed by atoms with van der Waals surface area (Å²) in [5, 5.41) is 0. The Hall–Kier alpha value is -0.900. The molecular weight excluding hydrogens is 275 g/mol. The Morgan fingerprint density at radius 3 is 2.62 bits per heavy atom. The van der Waals surface area contributed by atoms with Crippen LogP contribution < -0.4 is 4.74 Å². The zero-order valence-electron chi connectivity index (χ0n) is 9.46. The first-order valence-electron chi connectivity index (χ1n) is 4.95. The van der Waals surface area contributed by atoms with Gasteiger partial charge in [0.05, 0.1) is 11.9 Å². The van der Waals surface area contributed by atoms with Crippen LogP contribution in [0.4, 0.5) is 4.39 Å². The number of methoxy groups -OCH3 is 1. The Morgan fingerprint density at radius 2 is 2.12 bits per heavy atom. The second kappa shape index (κ2) is 5.43. The van der Waals surface area contributed by atoms with Gasteiger partial charge in [-0.3, -0.25) is 4.79 Å². The van der Waals surface area contributed by atoms with Crippen molar-refractivity contribution >= 4 is 21.7 Å². The zero-order chi connectivity index (χ0) is 12.3. The van der Waals surface area contributed by atoms with Crippen LogP contribution in [0.1, 0.15) is 25.3 Å². The standard InChI is InChI=1S/C12H14BrFO2/c1-7(12(13)8(2)15)10-6-9(16-3)4-5-11(10)14/h4-7,12H,1-3H3. The van der Waals surface area contributed by atoms with Crippen molar-refractivity contribution in [3.05, 3.63) is 29.6 Å². The van der Waals surface area contributed by atoms with E-state index < -0.39 is 0 Å². The Morgan fingerprint density at radius 1 is 1.50 bits per heavy atom. The minimum atomic E-state index is -0.380. The van der Waals surface area contributed by atoms with Gasteiger partial charge in [0.25, 0.3) is 0 Å². The van der Waals surface area contributed by atoms with Crippen molar-refractivity contribution in [2.75, 3.05) is 7.11 Å². The summed E-state index contributed by atoms with van der Waals surface area (Å²) in [5.41, 5.74) is 0.483. The smallest absolute Gasteiger partial charge is 0.144 e. The van der Waals surface area contributed by atoms with E-state index in [1.165, 1.54) is 20.1 Å². The van der Waals surface area contributed by atoms with Gasteiger partial charge in [-0.15, -0.1) is 0 Å². The van der Waals surface area contributed by atoms with E-state index in [9.17, 15) is 9.18 Å². The maximum absolute atomic E-state index is 13.6. The lowest BCUT2D eigenvalue weighted by Gasteiger charge is -2.17. The number of benzene rings is 1. The number of carbonyl (C=O) groups excluding carboxylic acids is 1. The van der Waals surface area contributed by atoms with Crippen LogP contribution in [-0.2, 0) is 4.79 Å². The highest BCUT2D eigenvalue weighted by Crippen LogP contribution is 2.29. The zero-order valence-corrected chi connectivity index (χ0v) is 11.0. The van der Waals surface area contributed by atoms with Crippen molar-refractivity contribution in [1.82, 2.24) is 0 Å². The van der Waals surface area contributed by atoms with Crippen LogP contribution in [0.2, 0.25) is 0 Å². The molecule has 0 aromatic heterocycles. The van der Waals surface area contributed by atoms with E-state index in [1.807, 2.05) is 0 Å². The van der Waals surface area contributed by atoms with Gasteiger partial charge in [0.2, 0.25) is 0 Å². The number of alkyl halides is 1.